The second kappa shape index (κ2) is 5.80. The Kier molecular flexibility index (Phi) is 4.26. The Hall–Kier alpha value is -1.96. The SMILES string of the molecule is COC(=O)Cc1ccc(N2CC(S(=O)(=O)F)CC2=O)cc1. The van der Waals surface area contributed by atoms with Crippen molar-refractivity contribution in [3.05, 3.63) is 29.8 Å². The number of anilines is 1. The molecule has 1 aliphatic heterocycles. The van der Waals surface area contributed by atoms with Crippen LogP contribution in [0.5, 0.6) is 0 Å². The fourth-order valence-electron chi connectivity index (χ4n) is 2.15. The van der Waals surface area contributed by atoms with Crippen molar-refractivity contribution in [3.8, 4) is 0 Å². The van der Waals surface area contributed by atoms with Gasteiger partial charge in [-0.3, -0.25) is 9.59 Å². The zero-order valence-electron chi connectivity index (χ0n) is 11.3. The Morgan fingerprint density at radius 1 is 1.38 bits per heavy atom. The van der Waals surface area contributed by atoms with E-state index in [2.05, 4.69) is 4.74 Å². The highest BCUT2D eigenvalue weighted by Crippen LogP contribution is 2.26. The lowest BCUT2D eigenvalue weighted by molar-refractivity contribution is -0.139. The van der Waals surface area contributed by atoms with Crippen molar-refractivity contribution in [1.29, 1.82) is 0 Å². The second-order valence-corrected chi connectivity index (χ2v) is 6.34. The number of esters is 1. The number of ether oxygens (including phenoxy) is 1. The molecule has 0 aliphatic carbocycles. The van der Waals surface area contributed by atoms with Crippen LogP contribution in [0.25, 0.3) is 0 Å². The summed E-state index contributed by atoms with van der Waals surface area (Å²) in [4.78, 5) is 24.1. The largest absolute Gasteiger partial charge is 0.469 e. The van der Waals surface area contributed by atoms with E-state index in [1.165, 1.54) is 12.0 Å². The maximum Gasteiger partial charge on any atom is 0.309 e. The number of hydrogen-bond donors (Lipinski definition) is 0. The summed E-state index contributed by atoms with van der Waals surface area (Å²) in [7, 11) is -3.44. The molecule has 1 saturated heterocycles. The maximum atomic E-state index is 12.9. The molecule has 114 valence electrons. The predicted octanol–water partition coefficient (Wildman–Crippen LogP) is 0.807. The smallest absolute Gasteiger partial charge is 0.309 e. The lowest BCUT2D eigenvalue weighted by Gasteiger charge is -2.16. The molecular formula is C13H14FNO5S. The third-order valence-corrected chi connectivity index (χ3v) is 4.42. The molecule has 0 bridgehead atoms. The quantitative estimate of drug-likeness (QED) is 0.606. The average molecular weight is 315 g/mol. The van der Waals surface area contributed by atoms with Crippen molar-refractivity contribution >= 4 is 27.8 Å². The number of methoxy groups -OCH3 is 1. The summed E-state index contributed by atoms with van der Waals surface area (Å²) in [6, 6.07) is 6.44. The molecule has 0 saturated carbocycles. The molecule has 1 aromatic rings. The first kappa shape index (κ1) is 15.4. The van der Waals surface area contributed by atoms with Gasteiger partial charge in [-0.05, 0) is 17.7 Å². The minimum atomic E-state index is -4.73. The van der Waals surface area contributed by atoms with Crippen LogP contribution in [0.4, 0.5) is 9.57 Å². The molecule has 6 nitrogen and oxygen atoms in total. The van der Waals surface area contributed by atoms with Crippen LogP contribution in [0.1, 0.15) is 12.0 Å². The average Bonchev–Trinajstić information content (AvgIpc) is 2.81. The first-order valence-electron chi connectivity index (χ1n) is 6.21. The van der Waals surface area contributed by atoms with Gasteiger partial charge in [0, 0.05) is 18.7 Å². The van der Waals surface area contributed by atoms with Crippen molar-refractivity contribution < 1.29 is 26.6 Å². The number of halogens is 1. The van der Waals surface area contributed by atoms with Gasteiger partial charge < -0.3 is 9.64 Å². The highest BCUT2D eigenvalue weighted by molar-refractivity contribution is 7.87. The number of carbonyl (C=O) groups is 2. The highest BCUT2D eigenvalue weighted by Gasteiger charge is 2.38. The lowest BCUT2D eigenvalue weighted by atomic mass is 10.1. The first-order valence-corrected chi connectivity index (χ1v) is 7.65. The monoisotopic (exact) mass is 315 g/mol. The zero-order chi connectivity index (χ0) is 15.6. The second-order valence-electron chi connectivity index (χ2n) is 4.73. The number of nitrogens with zero attached hydrogens (tertiary/aromatic N) is 1. The maximum absolute atomic E-state index is 12.9. The van der Waals surface area contributed by atoms with Crippen LogP contribution in [-0.2, 0) is 31.0 Å². The van der Waals surface area contributed by atoms with Crippen molar-refractivity contribution in [1.82, 2.24) is 0 Å². The van der Waals surface area contributed by atoms with Gasteiger partial charge in [0.2, 0.25) is 5.91 Å². The zero-order valence-corrected chi connectivity index (χ0v) is 12.1. The summed E-state index contributed by atoms with van der Waals surface area (Å²) in [5, 5.41) is -1.32. The van der Waals surface area contributed by atoms with Crippen molar-refractivity contribution in [2.24, 2.45) is 0 Å². The molecule has 1 amide bonds. The van der Waals surface area contributed by atoms with Crippen LogP contribution >= 0.6 is 0 Å². The van der Waals surface area contributed by atoms with E-state index in [-0.39, 0.29) is 25.4 Å². The van der Waals surface area contributed by atoms with Gasteiger partial charge in [-0.2, -0.15) is 8.42 Å². The Bertz CT molecular complexity index is 656. The molecule has 0 N–H and O–H groups in total. The molecule has 0 spiro atoms. The number of hydrogen-bond acceptors (Lipinski definition) is 5. The number of rotatable bonds is 4. The summed E-state index contributed by atoms with van der Waals surface area (Å²) in [6.45, 7) is -0.200. The van der Waals surface area contributed by atoms with E-state index in [9.17, 15) is 21.9 Å². The van der Waals surface area contributed by atoms with Gasteiger partial charge in [-0.1, -0.05) is 12.1 Å². The Labute approximate surface area is 121 Å². The van der Waals surface area contributed by atoms with E-state index in [1.807, 2.05) is 0 Å². The third-order valence-electron chi connectivity index (χ3n) is 3.31. The van der Waals surface area contributed by atoms with E-state index < -0.39 is 21.4 Å². The number of amides is 1. The van der Waals surface area contributed by atoms with E-state index in [0.29, 0.717) is 11.3 Å². The Morgan fingerprint density at radius 2 is 2.00 bits per heavy atom. The fraction of sp³-hybridized carbons (Fsp3) is 0.385. The molecule has 8 heteroatoms. The van der Waals surface area contributed by atoms with Crippen molar-refractivity contribution in [3.63, 3.8) is 0 Å². The number of carbonyl (C=O) groups excluding carboxylic acids is 2. The summed E-state index contributed by atoms with van der Waals surface area (Å²) >= 11 is 0. The Morgan fingerprint density at radius 3 is 2.48 bits per heavy atom. The van der Waals surface area contributed by atoms with Gasteiger partial charge in [0.05, 0.1) is 13.5 Å². The molecule has 2 rings (SSSR count). The summed E-state index contributed by atoms with van der Waals surface area (Å²) < 4.78 is 39.2. The Balaban J connectivity index is 2.12. The topological polar surface area (TPSA) is 80.8 Å². The third kappa shape index (κ3) is 3.57. The van der Waals surface area contributed by atoms with Crippen LogP contribution in [0.3, 0.4) is 0 Å². The molecular weight excluding hydrogens is 301 g/mol. The lowest BCUT2D eigenvalue weighted by Crippen LogP contribution is -2.26. The van der Waals surface area contributed by atoms with E-state index in [4.69, 9.17) is 0 Å². The van der Waals surface area contributed by atoms with E-state index >= 15 is 0 Å². The van der Waals surface area contributed by atoms with E-state index in [0.717, 1.165) is 0 Å². The van der Waals surface area contributed by atoms with Crippen LogP contribution < -0.4 is 4.90 Å². The molecule has 1 aromatic carbocycles. The van der Waals surface area contributed by atoms with Gasteiger partial charge in [-0.25, -0.2) is 0 Å². The highest BCUT2D eigenvalue weighted by atomic mass is 32.3. The van der Waals surface area contributed by atoms with Gasteiger partial charge in [0.15, 0.2) is 0 Å². The molecule has 1 heterocycles. The minimum Gasteiger partial charge on any atom is -0.469 e. The number of benzene rings is 1. The van der Waals surface area contributed by atoms with Crippen LogP contribution in [0.2, 0.25) is 0 Å². The molecule has 1 aliphatic rings. The van der Waals surface area contributed by atoms with Crippen molar-refractivity contribution in [2.75, 3.05) is 18.6 Å². The molecule has 1 unspecified atom stereocenters. The molecule has 21 heavy (non-hydrogen) atoms. The summed E-state index contributed by atoms with van der Waals surface area (Å²) in [5.41, 5.74) is 1.17. The summed E-state index contributed by atoms with van der Waals surface area (Å²) in [5.74, 6) is -0.828. The summed E-state index contributed by atoms with van der Waals surface area (Å²) in [6.07, 6.45) is -0.255. The predicted molar refractivity (Wildman–Crippen MR) is 72.9 cm³/mol. The van der Waals surface area contributed by atoms with Gasteiger partial charge in [0.1, 0.15) is 5.25 Å². The van der Waals surface area contributed by atoms with Gasteiger partial charge >= 0.3 is 16.2 Å². The molecule has 0 aromatic heterocycles. The fourth-order valence-corrected chi connectivity index (χ4v) is 2.81. The molecule has 1 atom stereocenters. The molecule has 0 radical (unpaired) electrons. The normalized spacial score (nSPS) is 18.9. The van der Waals surface area contributed by atoms with Crippen LogP contribution in [-0.4, -0.2) is 39.2 Å². The minimum absolute atomic E-state index is 0.103. The van der Waals surface area contributed by atoms with E-state index in [1.54, 1.807) is 24.3 Å². The van der Waals surface area contributed by atoms with Crippen LogP contribution in [0.15, 0.2) is 24.3 Å². The first-order chi connectivity index (χ1) is 9.81. The van der Waals surface area contributed by atoms with Gasteiger partial charge in [-0.15, -0.1) is 3.89 Å². The van der Waals surface area contributed by atoms with Gasteiger partial charge in [0.25, 0.3) is 0 Å². The molecule has 1 fully saturated rings. The standard InChI is InChI=1S/C13H14FNO5S/c1-20-13(17)6-9-2-4-10(5-3-9)15-8-11(7-12(15)16)21(14,18)19/h2-5,11H,6-8H2,1H3. The van der Waals surface area contributed by atoms with Crippen LogP contribution in [0, 0.1) is 0 Å². The van der Waals surface area contributed by atoms with Crippen molar-refractivity contribution in [2.45, 2.75) is 18.1 Å².